The quantitative estimate of drug-likeness (QED) is 0.451. The second-order valence-corrected chi connectivity index (χ2v) is 10.2. The van der Waals surface area contributed by atoms with Crippen LogP contribution in [0.2, 0.25) is 0 Å². The van der Waals surface area contributed by atoms with Gasteiger partial charge in [0.05, 0.1) is 11.3 Å². The van der Waals surface area contributed by atoms with Gasteiger partial charge in [0.15, 0.2) is 0 Å². The molecule has 1 aliphatic heterocycles. The molecule has 1 saturated carbocycles. The molecule has 39 heavy (non-hydrogen) atoms. The number of hydrogen-bond acceptors (Lipinski definition) is 6. The summed E-state index contributed by atoms with van der Waals surface area (Å²) in [5.74, 6) is -2.04. The van der Waals surface area contributed by atoms with E-state index in [2.05, 4.69) is 10.3 Å². The molecule has 1 fully saturated rings. The highest BCUT2D eigenvalue weighted by atomic mass is 16.2. The van der Waals surface area contributed by atoms with Crippen molar-refractivity contribution in [3.8, 4) is 0 Å². The summed E-state index contributed by atoms with van der Waals surface area (Å²) in [6.45, 7) is -0.189. The van der Waals surface area contributed by atoms with Crippen molar-refractivity contribution in [3.63, 3.8) is 0 Å². The fourth-order valence-corrected chi connectivity index (χ4v) is 5.45. The number of carbonyl (C=O) groups excluding carboxylic acids is 4. The Kier molecular flexibility index (Phi) is 7.15. The van der Waals surface area contributed by atoms with Gasteiger partial charge < -0.3 is 15.1 Å². The summed E-state index contributed by atoms with van der Waals surface area (Å²) in [6, 6.07) is 17.8. The highest BCUT2D eigenvalue weighted by Gasteiger charge is 2.49. The molecule has 9 nitrogen and oxygen atoms in total. The van der Waals surface area contributed by atoms with Crippen LogP contribution in [0.15, 0.2) is 73.1 Å². The van der Waals surface area contributed by atoms with Crippen molar-refractivity contribution >= 4 is 40.6 Å². The van der Waals surface area contributed by atoms with E-state index in [-0.39, 0.29) is 24.6 Å². The average Bonchev–Trinajstić information content (AvgIpc) is 3.53. The largest absolute Gasteiger partial charge is 0.378 e. The van der Waals surface area contributed by atoms with Gasteiger partial charge >= 0.3 is 0 Å². The van der Waals surface area contributed by atoms with E-state index in [1.165, 1.54) is 4.90 Å². The standard InChI is InChI=1S/C30H31N5O4/c1-33(2)23-13-11-22(12-14-23)32-29(39)30(15-5-6-16-30)35(19-21-8-7-17-31-18-21)26(36)20-34-25-10-4-3-9-24(25)27(37)28(34)38/h3-4,7-14,17-18H,5-6,15-16,19-20H2,1-2H3,(H,32,39). The number of para-hydroxylation sites is 1. The second kappa shape index (κ2) is 10.7. The van der Waals surface area contributed by atoms with Crippen LogP contribution in [0.25, 0.3) is 0 Å². The molecule has 0 radical (unpaired) electrons. The Hall–Kier alpha value is -4.53. The molecule has 3 aromatic rings. The molecule has 2 aliphatic rings. The summed E-state index contributed by atoms with van der Waals surface area (Å²) < 4.78 is 0. The van der Waals surface area contributed by atoms with Gasteiger partial charge in [-0.05, 0) is 60.9 Å². The predicted octanol–water partition coefficient (Wildman–Crippen LogP) is 3.66. The fraction of sp³-hybridized carbons (Fsp3) is 0.300. The number of ketones is 1. The molecule has 2 aromatic carbocycles. The van der Waals surface area contributed by atoms with E-state index in [0.29, 0.717) is 24.2 Å². The van der Waals surface area contributed by atoms with E-state index >= 15 is 0 Å². The van der Waals surface area contributed by atoms with Crippen LogP contribution in [0.1, 0.15) is 41.6 Å². The minimum Gasteiger partial charge on any atom is -0.378 e. The number of nitrogens with one attached hydrogen (secondary N) is 1. The molecular formula is C30H31N5O4. The van der Waals surface area contributed by atoms with Crippen molar-refractivity contribution in [3.05, 3.63) is 84.2 Å². The first-order valence-electron chi connectivity index (χ1n) is 13.0. The Labute approximate surface area is 227 Å². The van der Waals surface area contributed by atoms with E-state index in [9.17, 15) is 19.2 Å². The summed E-state index contributed by atoms with van der Waals surface area (Å²) in [6.07, 6.45) is 5.87. The number of aromatic nitrogens is 1. The molecule has 0 atom stereocenters. The van der Waals surface area contributed by atoms with Crippen molar-refractivity contribution in [2.45, 2.75) is 37.8 Å². The highest BCUT2D eigenvalue weighted by molar-refractivity contribution is 6.52. The molecule has 0 spiro atoms. The first kappa shape index (κ1) is 26.1. The number of rotatable bonds is 8. The summed E-state index contributed by atoms with van der Waals surface area (Å²) in [5, 5.41) is 3.04. The van der Waals surface area contributed by atoms with Crippen molar-refractivity contribution in [2.24, 2.45) is 0 Å². The Morgan fingerprint density at radius 2 is 1.69 bits per heavy atom. The van der Waals surface area contributed by atoms with Crippen LogP contribution >= 0.6 is 0 Å². The zero-order chi connectivity index (χ0) is 27.6. The van der Waals surface area contributed by atoms with Crippen molar-refractivity contribution in [1.82, 2.24) is 9.88 Å². The van der Waals surface area contributed by atoms with E-state index in [1.54, 1.807) is 47.6 Å². The number of benzene rings is 2. The van der Waals surface area contributed by atoms with Crippen LogP contribution in [0.4, 0.5) is 17.1 Å². The number of hydrogen-bond donors (Lipinski definition) is 1. The van der Waals surface area contributed by atoms with Crippen molar-refractivity contribution < 1.29 is 19.2 Å². The summed E-state index contributed by atoms with van der Waals surface area (Å²) in [4.78, 5) is 62.4. The minimum atomic E-state index is -1.11. The first-order valence-corrected chi connectivity index (χ1v) is 13.0. The third-order valence-electron chi connectivity index (χ3n) is 7.55. The first-order chi connectivity index (χ1) is 18.8. The van der Waals surface area contributed by atoms with Gasteiger partial charge in [0.2, 0.25) is 11.8 Å². The summed E-state index contributed by atoms with van der Waals surface area (Å²) in [7, 11) is 3.89. The maximum atomic E-state index is 14.0. The molecule has 1 aromatic heterocycles. The lowest BCUT2D eigenvalue weighted by Gasteiger charge is -2.41. The molecule has 2 heterocycles. The normalized spacial score (nSPS) is 15.7. The van der Waals surface area contributed by atoms with E-state index in [1.807, 2.05) is 49.3 Å². The van der Waals surface area contributed by atoms with Gasteiger partial charge in [0, 0.05) is 44.4 Å². The molecule has 0 bridgehead atoms. The van der Waals surface area contributed by atoms with Gasteiger partial charge in [-0.2, -0.15) is 0 Å². The third kappa shape index (κ3) is 4.99. The maximum Gasteiger partial charge on any atom is 0.299 e. The lowest BCUT2D eigenvalue weighted by molar-refractivity contribution is -0.145. The smallest absolute Gasteiger partial charge is 0.299 e. The second-order valence-electron chi connectivity index (χ2n) is 10.2. The average molecular weight is 526 g/mol. The van der Waals surface area contributed by atoms with Crippen LogP contribution in [-0.2, 0) is 20.9 Å². The molecule has 200 valence electrons. The van der Waals surface area contributed by atoms with Crippen LogP contribution in [0, 0.1) is 0 Å². The molecule has 3 amide bonds. The number of amides is 3. The topological polar surface area (TPSA) is 103 Å². The van der Waals surface area contributed by atoms with Crippen molar-refractivity contribution in [1.29, 1.82) is 0 Å². The lowest BCUT2D eigenvalue weighted by atomic mass is 9.92. The highest BCUT2D eigenvalue weighted by Crippen LogP contribution is 2.38. The van der Waals surface area contributed by atoms with Crippen molar-refractivity contribution in [2.75, 3.05) is 35.8 Å². The van der Waals surface area contributed by atoms with Crippen LogP contribution in [0.5, 0.6) is 0 Å². The van der Waals surface area contributed by atoms with E-state index in [0.717, 1.165) is 24.1 Å². The van der Waals surface area contributed by atoms with E-state index in [4.69, 9.17) is 0 Å². The Morgan fingerprint density at radius 3 is 2.36 bits per heavy atom. The van der Waals surface area contributed by atoms with Gasteiger partial charge in [-0.25, -0.2) is 0 Å². The number of anilines is 3. The molecule has 0 unspecified atom stereocenters. The SMILES string of the molecule is CN(C)c1ccc(NC(=O)C2(N(Cc3cccnc3)C(=O)CN3C(=O)C(=O)c4ccccc43)CCCC2)cc1. The van der Waals surface area contributed by atoms with Crippen LogP contribution in [0.3, 0.4) is 0 Å². The Bertz CT molecular complexity index is 1400. The van der Waals surface area contributed by atoms with Gasteiger partial charge in [0.25, 0.3) is 11.7 Å². The summed E-state index contributed by atoms with van der Waals surface area (Å²) in [5.41, 5.74) is 1.99. The third-order valence-corrected chi connectivity index (χ3v) is 7.55. The number of Topliss-reactive ketones (excluding diaryl/α,β-unsaturated/α-hetero) is 1. The zero-order valence-electron chi connectivity index (χ0n) is 22.1. The molecule has 5 rings (SSSR count). The molecular weight excluding hydrogens is 494 g/mol. The molecule has 1 aliphatic carbocycles. The monoisotopic (exact) mass is 525 g/mol. The Balaban J connectivity index is 1.47. The zero-order valence-corrected chi connectivity index (χ0v) is 22.1. The number of carbonyl (C=O) groups is 4. The van der Waals surface area contributed by atoms with Crippen LogP contribution in [-0.4, -0.2) is 59.6 Å². The van der Waals surface area contributed by atoms with Gasteiger partial charge in [-0.1, -0.05) is 31.0 Å². The molecule has 0 saturated heterocycles. The fourth-order valence-electron chi connectivity index (χ4n) is 5.45. The maximum absolute atomic E-state index is 14.0. The van der Waals surface area contributed by atoms with Gasteiger partial charge in [-0.15, -0.1) is 0 Å². The minimum absolute atomic E-state index is 0.150. The van der Waals surface area contributed by atoms with Gasteiger partial charge in [-0.3, -0.25) is 29.1 Å². The molecule has 1 N–H and O–H groups in total. The van der Waals surface area contributed by atoms with Gasteiger partial charge in [0.1, 0.15) is 12.1 Å². The van der Waals surface area contributed by atoms with E-state index < -0.39 is 23.1 Å². The number of pyridine rings is 1. The lowest BCUT2D eigenvalue weighted by Crippen LogP contribution is -2.59. The molecule has 9 heteroatoms. The predicted molar refractivity (Wildman–Crippen MR) is 149 cm³/mol. The van der Waals surface area contributed by atoms with Crippen LogP contribution < -0.4 is 15.1 Å². The Morgan fingerprint density at radius 1 is 0.974 bits per heavy atom. The number of nitrogens with zero attached hydrogens (tertiary/aromatic N) is 4. The summed E-state index contributed by atoms with van der Waals surface area (Å²) >= 11 is 0. The number of fused-ring (bicyclic) bond motifs is 1.